The number of ether oxygens (including phenoxy) is 1. The summed E-state index contributed by atoms with van der Waals surface area (Å²) >= 11 is 0. The van der Waals surface area contributed by atoms with E-state index >= 15 is 0 Å². The Kier molecular flexibility index (Phi) is 8.28. The van der Waals surface area contributed by atoms with Crippen molar-refractivity contribution in [3.8, 4) is 0 Å². The molecule has 1 aromatic heterocycles. The molecule has 2 heterocycles. The molecule has 1 aliphatic rings. The van der Waals surface area contributed by atoms with Crippen LogP contribution in [0.3, 0.4) is 0 Å². The molecule has 4 rings (SSSR count). The van der Waals surface area contributed by atoms with Gasteiger partial charge in [-0.1, -0.05) is 42.5 Å². The molecular formula is C25H27N7O4. The summed E-state index contributed by atoms with van der Waals surface area (Å²) in [7, 11) is 0. The van der Waals surface area contributed by atoms with Crippen LogP contribution >= 0.6 is 0 Å². The highest BCUT2D eigenvalue weighted by Crippen LogP contribution is 2.23. The molecule has 186 valence electrons. The van der Waals surface area contributed by atoms with Crippen molar-refractivity contribution in [2.24, 2.45) is 11.0 Å². The molecule has 2 atom stereocenters. The Morgan fingerprint density at radius 1 is 1.14 bits per heavy atom. The Labute approximate surface area is 207 Å². The zero-order valence-electron chi connectivity index (χ0n) is 19.7. The fourth-order valence-electron chi connectivity index (χ4n) is 4.37. The fraction of sp³-hybridized carbons (Fsp3) is 0.360. The Bertz CT molecular complexity index is 1260. The van der Waals surface area contributed by atoms with Crippen molar-refractivity contribution in [1.82, 2.24) is 20.2 Å². The van der Waals surface area contributed by atoms with Gasteiger partial charge in [-0.25, -0.2) is 4.98 Å². The molecule has 2 N–H and O–H groups in total. The van der Waals surface area contributed by atoms with Crippen molar-refractivity contribution in [2.45, 2.75) is 25.3 Å². The van der Waals surface area contributed by atoms with Crippen LogP contribution < -0.4 is 5.32 Å². The number of morpholine rings is 1. The van der Waals surface area contributed by atoms with Crippen LogP contribution in [0, 0.1) is 5.92 Å². The summed E-state index contributed by atoms with van der Waals surface area (Å²) in [6.45, 7) is 1.86. The van der Waals surface area contributed by atoms with Crippen LogP contribution in [0.5, 0.6) is 0 Å². The van der Waals surface area contributed by atoms with Crippen LogP contribution in [0.25, 0.3) is 21.2 Å². The summed E-state index contributed by atoms with van der Waals surface area (Å²) < 4.78 is 5.34. The average Bonchev–Trinajstić information content (AvgIpc) is 3.42. The molecule has 2 aromatic carbocycles. The molecule has 0 spiro atoms. The van der Waals surface area contributed by atoms with Gasteiger partial charge in [0.1, 0.15) is 0 Å². The number of nitrogens with one attached hydrogen (secondary N) is 2. The van der Waals surface area contributed by atoms with E-state index < -0.39 is 23.8 Å². The summed E-state index contributed by atoms with van der Waals surface area (Å²) in [5.41, 5.74) is 10.3. The SMILES string of the molecule is [N-]=[N+]=NC(=O)[C@H](Cc1cnc[nH]1)NC(=O)C(CC(=O)N1CCOCC1)Cc1cccc2ccccc12. The first-order valence-corrected chi connectivity index (χ1v) is 11.7. The predicted molar refractivity (Wildman–Crippen MR) is 132 cm³/mol. The predicted octanol–water partition coefficient (Wildman–Crippen LogP) is 2.53. The number of hydrogen-bond donors (Lipinski definition) is 2. The lowest BCUT2D eigenvalue weighted by molar-refractivity contribution is -0.139. The highest BCUT2D eigenvalue weighted by Gasteiger charge is 2.30. The second-order valence-corrected chi connectivity index (χ2v) is 8.61. The fourth-order valence-corrected chi connectivity index (χ4v) is 4.37. The number of carbonyl (C=O) groups excluding carboxylic acids is 3. The van der Waals surface area contributed by atoms with E-state index in [1.807, 2.05) is 42.5 Å². The van der Waals surface area contributed by atoms with Crippen LogP contribution in [0.4, 0.5) is 0 Å². The third-order valence-corrected chi connectivity index (χ3v) is 6.24. The number of azide groups is 1. The zero-order chi connectivity index (χ0) is 25.3. The molecule has 36 heavy (non-hydrogen) atoms. The number of rotatable bonds is 9. The standard InChI is InChI=1S/C25H27N7O4/c26-31-30-25(35)22(14-20-15-27-16-28-20)29-24(34)19(13-23(33)32-8-10-36-11-9-32)12-18-6-3-5-17-4-1-2-7-21(17)18/h1-7,15-16,19,22H,8-14H2,(H,27,28)(H,29,34)/t19?,22-/m0/s1. The monoisotopic (exact) mass is 489 g/mol. The van der Waals surface area contributed by atoms with Gasteiger partial charge in [-0.05, 0) is 33.4 Å². The van der Waals surface area contributed by atoms with Crippen molar-refractivity contribution < 1.29 is 19.1 Å². The minimum absolute atomic E-state index is 0.0262. The number of fused-ring (bicyclic) bond motifs is 1. The molecule has 3 aromatic rings. The molecule has 11 heteroatoms. The van der Waals surface area contributed by atoms with E-state index in [4.69, 9.17) is 10.3 Å². The number of amides is 3. The summed E-state index contributed by atoms with van der Waals surface area (Å²) in [5, 5.41) is 7.93. The number of aromatic nitrogens is 2. The minimum Gasteiger partial charge on any atom is -0.378 e. The normalized spacial score (nSPS) is 15.1. The van der Waals surface area contributed by atoms with Crippen molar-refractivity contribution in [3.63, 3.8) is 0 Å². The summed E-state index contributed by atoms with van der Waals surface area (Å²) in [6.07, 6.45) is 3.33. The van der Waals surface area contributed by atoms with E-state index in [0.29, 0.717) is 38.4 Å². The lowest BCUT2D eigenvalue weighted by Crippen LogP contribution is -2.47. The van der Waals surface area contributed by atoms with Crippen LogP contribution in [-0.2, 0) is 32.0 Å². The number of hydrogen-bond acceptors (Lipinski definition) is 5. The molecule has 1 aliphatic heterocycles. The van der Waals surface area contributed by atoms with E-state index in [9.17, 15) is 14.4 Å². The smallest absolute Gasteiger partial charge is 0.241 e. The maximum atomic E-state index is 13.5. The van der Waals surface area contributed by atoms with Crippen molar-refractivity contribution in [3.05, 3.63) is 76.7 Å². The minimum atomic E-state index is -1.10. The maximum Gasteiger partial charge on any atom is 0.241 e. The van der Waals surface area contributed by atoms with Gasteiger partial charge in [0.25, 0.3) is 0 Å². The van der Waals surface area contributed by atoms with Gasteiger partial charge in [0, 0.05) is 42.7 Å². The highest BCUT2D eigenvalue weighted by atomic mass is 16.5. The molecule has 0 radical (unpaired) electrons. The first-order valence-electron chi connectivity index (χ1n) is 11.7. The average molecular weight is 490 g/mol. The Hall–Kier alpha value is -4.21. The third kappa shape index (κ3) is 6.26. The molecular weight excluding hydrogens is 462 g/mol. The van der Waals surface area contributed by atoms with Crippen molar-refractivity contribution in [2.75, 3.05) is 26.3 Å². The summed E-state index contributed by atoms with van der Waals surface area (Å²) in [5.74, 6) is -2.17. The maximum absolute atomic E-state index is 13.5. The van der Waals surface area contributed by atoms with Crippen LogP contribution in [-0.4, -0.2) is 64.9 Å². The van der Waals surface area contributed by atoms with E-state index in [1.54, 1.807) is 4.90 Å². The number of H-pyrrole nitrogens is 1. The summed E-state index contributed by atoms with van der Waals surface area (Å²) in [6, 6.07) is 12.6. The number of aromatic amines is 1. The quantitative estimate of drug-likeness (QED) is 0.269. The van der Waals surface area contributed by atoms with Gasteiger partial charge in [0.05, 0.1) is 31.5 Å². The first-order chi connectivity index (χ1) is 17.5. The molecule has 11 nitrogen and oxygen atoms in total. The van der Waals surface area contributed by atoms with Gasteiger partial charge in [-0.15, -0.1) is 0 Å². The molecule has 3 amide bonds. The lowest BCUT2D eigenvalue weighted by atomic mass is 9.91. The second kappa shape index (κ2) is 12.0. The van der Waals surface area contributed by atoms with Gasteiger partial charge < -0.3 is 19.9 Å². The van der Waals surface area contributed by atoms with Crippen molar-refractivity contribution in [1.29, 1.82) is 0 Å². The van der Waals surface area contributed by atoms with Crippen LogP contribution in [0.1, 0.15) is 17.7 Å². The van der Waals surface area contributed by atoms with Crippen molar-refractivity contribution >= 4 is 28.5 Å². The largest absolute Gasteiger partial charge is 0.378 e. The lowest BCUT2D eigenvalue weighted by Gasteiger charge is -2.29. The molecule has 1 fully saturated rings. The van der Waals surface area contributed by atoms with E-state index in [2.05, 4.69) is 25.3 Å². The molecule has 0 saturated carbocycles. The first kappa shape index (κ1) is 24.9. The Balaban J connectivity index is 1.59. The summed E-state index contributed by atoms with van der Waals surface area (Å²) in [4.78, 5) is 50.2. The molecule has 1 unspecified atom stereocenters. The van der Waals surface area contributed by atoms with Crippen LogP contribution in [0.2, 0.25) is 0 Å². The zero-order valence-corrected chi connectivity index (χ0v) is 19.7. The molecule has 1 saturated heterocycles. The Morgan fingerprint density at radius 3 is 2.67 bits per heavy atom. The molecule has 0 bridgehead atoms. The number of imidazole rings is 1. The topological polar surface area (TPSA) is 153 Å². The van der Waals surface area contributed by atoms with E-state index in [0.717, 1.165) is 16.3 Å². The van der Waals surface area contributed by atoms with Gasteiger partial charge >= 0.3 is 0 Å². The third-order valence-electron chi connectivity index (χ3n) is 6.24. The van der Waals surface area contributed by atoms with Gasteiger partial charge in [0.15, 0.2) is 0 Å². The number of nitrogens with zero attached hydrogens (tertiary/aromatic N) is 5. The van der Waals surface area contributed by atoms with E-state index in [1.165, 1.54) is 12.5 Å². The number of carbonyl (C=O) groups is 3. The second-order valence-electron chi connectivity index (χ2n) is 8.61. The van der Waals surface area contributed by atoms with Gasteiger partial charge in [-0.2, -0.15) is 0 Å². The Morgan fingerprint density at radius 2 is 1.92 bits per heavy atom. The van der Waals surface area contributed by atoms with Gasteiger partial charge in [0.2, 0.25) is 17.7 Å². The van der Waals surface area contributed by atoms with Gasteiger partial charge in [-0.3, -0.25) is 14.4 Å². The van der Waals surface area contributed by atoms with E-state index in [-0.39, 0.29) is 18.7 Å². The number of benzene rings is 2. The highest BCUT2D eigenvalue weighted by molar-refractivity contribution is 5.92. The van der Waals surface area contributed by atoms with Crippen LogP contribution in [0.15, 0.2) is 60.1 Å². The molecule has 0 aliphatic carbocycles.